The zero-order valence-electron chi connectivity index (χ0n) is 13.7. The first-order valence-electron chi connectivity index (χ1n) is 7.88. The van der Waals surface area contributed by atoms with Crippen molar-refractivity contribution in [1.82, 2.24) is 10.0 Å². The van der Waals surface area contributed by atoms with Gasteiger partial charge in [0, 0.05) is 18.2 Å². The van der Waals surface area contributed by atoms with Crippen molar-refractivity contribution in [2.45, 2.75) is 44.0 Å². The highest BCUT2D eigenvalue weighted by Gasteiger charge is 2.31. The third-order valence-electron chi connectivity index (χ3n) is 4.22. The number of carbonyl (C=O) groups excluding carboxylic acids is 1. The predicted molar refractivity (Wildman–Crippen MR) is 88.3 cm³/mol. The second-order valence-electron chi connectivity index (χ2n) is 6.00. The van der Waals surface area contributed by atoms with E-state index >= 15 is 0 Å². The van der Waals surface area contributed by atoms with Gasteiger partial charge in [0.1, 0.15) is 0 Å². The number of benzene rings is 1. The van der Waals surface area contributed by atoms with Crippen molar-refractivity contribution >= 4 is 21.9 Å². The number of hydrogen-bond donors (Lipinski definition) is 3. The van der Waals surface area contributed by atoms with Crippen LogP contribution >= 0.6 is 0 Å². The van der Waals surface area contributed by atoms with Crippen molar-refractivity contribution in [3.63, 3.8) is 0 Å². The number of hydrogen-bond acceptors (Lipinski definition) is 4. The Kier molecular flexibility index (Phi) is 5.61. The maximum Gasteiger partial charge on any atom is 0.306 e. The number of carbonyl (C=O) groups is 2. The summed E-state index contributed by atoms with van der Waals surface area (Å²) in [5, 5.41) is 11.8. The number of rotatable bonds is 6. The van der Waals surface area contributed by atoms with Crippen LogP contribution in [0.25, 0.3) is 0 Å². The normalized spacial score (nSPS) is 20.8. The summed E-state index contributed by atoms with van der Waals surface area (Å²) >= 11 is 0. The molecule has 24 heavy (non-hydrogen) atoms. The van der Waals surface area contributed by atoms with Crippen LogP contribution in [0, 0.1) is 12.8 Å². The van der Waals surface area contributed by atoms with E-state index in [0.717, 1.165) is 0 Å². The fourth-order valence-corrected chi connectivity index (χ4v) is 3.95. The van der Waals surface area contributed by atoms with E-state index < -0.39 is 21.9 Å². The molecule has 1 aromatic rings. The summed E-state index contributed by atoms with van der Waals surface area (Å²) in [6.45, 7) is 3.67. The highest BCUT2D eigenvalue weighted by molar-refractivity contribution is 7.89. The Morgan fingerprint density at radius 2 is 2.00 bits per heavy atom. The van der Waals surface area contributed by atoms with Gasteiger partial charge in [-0.25, -0.2) is 13.1 Å². The number of nitrogens with one attached hydrogen (secondary N) is 2. The lowest BCUT2D eigenvalue weighted by molar-refractivity contribution is -0.141. The maximum absolute atomic E-state index is 12.5. The van der Waals surface area contributed by atoms with Crippen molar-refractivity contribution in [3.05, 3.63) is 29.3 Å². The minimum atomic E-state index is -3.64. The van der Waals surface area contributed by atoms with Gasteiger partial charge in [0.05, 0.1) is 10.8 Å². The molecule has 1 fully saturated rings. The number of aryl methyl sites for hydroxylation is 1. The molecule has 0 bridgehead atoms. The monoisotopic (exact) mass is 354 g/mol. The highest BCUT2D eigenvalue weighted by atomic mass is 32.2. The van der Waals surface area contributed by atoms with Crippen LogP contribution in [0.3, 0.4) is 0 Å². The summed E-state index contributed by atoms with van der Waals surface area (Å²) in [6.07, 6.45) is 1.54. The van der Waals surface area contributed by atoms with E-state index in [9.17, 15) is 18.0 Å². The number of carboxylic acid groups (broad SMARTS) is 1. The fourth-order valence-electron chi connectivity index (χ4n) is 2.89. The molecular formula is C16H22N2O5S. The van der Waals surface area contributed by atoms with E-state index in [4.69, 9.17) is 5.11 Å². The van der Waals surface area contributed by atoms with E-state index in [1.165, 1.54) is 12.1 Å². The Hall–Kier alpha value is -1.93. The molecule has 3 N–H and O–H groups in total. The first kappa shape index (κ1) is 18.4. The van der Waals surface area contributed by atoms with Crippen molar-refractivity contribution in [2.75, 3.05) is 6.54 Å². The van der Waals surface area contributed by atoms with E-state index in [1.807, 2.05) is 0 Å². The van der Waals surface area contributed by atoms with Crippen molar-refractivity contribution < 1.29 is 23.1 Å². The summed E-state index contributed by atoms with van der Waals surface area (Å²) in [4.78, 5) is 23.5. The van der Waals surface area contributed by atoms with Crippen LogP contribution in [0.1, 0.15) is 42.1 Å². The van der Waals surface area contributed by atoms with Crippen LogP contribution in [-0.4, -0.2) is 38.0 Å². The zero-order valence-corrected chi connectivity index (χ0v) is 14.5. The van der Waals surface area contributed by atoms with Gasteiger partial charge in [-0.3, -0.25) is 9.59 Å². The topological polar surface area (TPSA) is 113 Å². The van der Waals surface area contributed by atoms with E-state index in [2.05, 4.69) is 10.0 Å². The molecule has 2 rings (SSSR count). The third kappa shape index (κ3) is 4.12. The van der Waals surface area contributed by atoms with Gasteiger partial charge >= 0.3 is 5.97 Å². The molecule has 0 saturated heterocycles. The molecule has 2 atom stereocenters. The number of carboxylic acids is 1. The molecule has 1 saturated carbocycles. The Labute approximate surface area is 141 Å². The molecule has 0 unspecified atom stereocenters. The minimum absolute atomic E-state index is 0.0370. The lowest BCUT2D eigenvalue weighted by atomic mass is 10.1. The average Bonchev–Trinajstić information content (AvgIpc) is 2.96. The molecule has 0 aliphatic heterocycles. The summed E-state index contributed by atoms with van der Waals surface area (Å²) in [5.41, 5.74) is 0.948. The Morgan fingerprint density at radius 3 is 2.58 bits per heavy atom. The summed E-state index contributed by atoms with van der Waals surface area (Å²) in [5.74, 6) is -1.66. The van der Waals surface area contributed by atoms with Gasteiger partial charge in [0.25, 0.3) is 5.91 Å². The molecule has 0 heterocycles. The van der Waals surface area contributed by atoms with E-state index in [0.29, 0.717) is 24.8 Å². The molecule has 8 heteroatoms. The molecule has 7 nitrogen and oxygen atoms in total. The average molecular weight is 354 g/mol. The lowest BCUT2D eigenvalue weighted by Crippen LogP contribution is -2.34. The smallest absolute Gasteiger partial charge is 0.306 e. The Bertz CT molecular complexity index is 745. The largest absolute Gasteiger partial charge is 0.481 e. The lowest BCUT2D eigenvalue weighted by Gasteiger charge is -2.15. The molecule has 1 amide bonds. The van der Waals surface area contributed by atoms with Crippen molar-refractivity contribution in [2.24, 2.45) is 5.92 Å². The zero-order chi connectivity index (χ0) is 17.9. The van der Waals surface area contributed by atoms with Crippen LogP contribution in [0.5, 0.6) is 0 Å². The summed E-state index contributed by atoms with van der Waals surface area (Å²) in [6, 6.07) is 4.20. The van der Waals surface area contributed by atoms with Crippen LogP contribution in [0.15, 0.2) is 23.1 Å². The number of aliphatic carboxylic acids is 1. The van der Waals surface area contributed by atoms with Gasteiger partial charge in [-0.15, -0.1) is 0 Å². The summed E-state index contributed by atoms with van der Waals surface area (Å²) < 4.78 is 26.5. The van der Waals surface area contributed by atoms with Gasteiger partial charge in [-0.05, 0) is 43.9 Å². The van der Waals surface area contributed by atoms with E-state index in [-0.39, 0.29) is 29.0 Å². The quantitative estimate of drug-likeness (QED) is 0.712. The van der Waals surface area contributed by atoms with Crippen LogP contribution in [0.4, 0.5) is 0 Å². The molecule has 1 aliphatic rings. The van der Waals surface area contributed by atoms with Gasteiger partial charge in [-0.1, -0.05) is 13.0 Å². The Morgan fingerprint density at radius 1 is 1.29 bits per heavy atom. The van der Waals surface area contributed by atoms with Gasteiger partial charge < -0.3 is 10.4 Å². The first-order valence-corrected chi connectivity index (χ1v) is 9.37. The SMILES string of the molecule is CCNS(=O)(=O)c1ccc(C)c(C(=O)N[C@H]2CC[C@@H](C(=O)O)C2)c1. The third-order valence-corrected chi connectivity index (χ3v) is 5.76. The maximum atomic E-state index is 12.5. The standard InChI is InChI=1S/C16H22N2O5S/c1-3-17-24(22,23)13-7-4-10(2)14(9-13)15(19)18-12-6-5-11(8-12)16(20)21/h4,7,9,11-12,17H,3,5-6,8H2,1-2H3,(H,18,19)(H,20,21)/t11-,12+/m1/s1. The second kappa shape index (κ2) is 7.31. The summed E-state index contributed by atoms with van der Waals surface area (Å²) in [7, 11) is -3.64. The van der Waals surface area contributed by atoms with Crippen LogP contribution in [0.2, 0.25) is 0 Å². The van der Waals surface area contributed by atoms with Gasteiger partial charge in [-0.2, -0.15) is 0 Å². The highest BCUT2D eigenvalue weighted by Crippen LogP contribution is 2.26. The fraction of sp³-hybridized carbons (Fsp3) is 0.500. The first-order chi connectivity index (χ1) is 11.2. The molecule has 1 aliphatic carbocycles. The van der Waals surface area contributed by atoms with Crippen molar-refractivity contribution in [1.29, 1.82) is 0 Å². The molecule has 132 valence electrons. The molecule has 1 aromatic carbocycles. The molecule has 0 aromatic heterocycles. The number of amides is 1. The molecular weight excluding hydrogens is 332 g/mol. The minimum Gasteiger partial charge on any atom is -0.481 e. The Balaban J connectivity index is 2.16. The van der Waals surface area contributed by atoms with Gasteiger partial charge in [0.15, 0.2) is 0 Å². The predicted octanol–water partition coefficient (Wildman–Crippen LogP) is 1.28. The second-order valence-corrected chi connectivity index (χ2v) is 7.76. The molecule has 0 spiro atoms. The van der Waals surface area contributed by atoms with E-state index in [1.54, 1.807) is 19.9 Å². The molecule has 0 radical (unpaired) electrons. The van der Waals surface area contributed by atoms with Gasteiger partial charge in [0.2, 0.25) is 10.0 Å². The number of sulfonamides is 1. The van der Waals surface area contributed by atoms with Crippen LogP contribution < -0.4 is 10.0 Å². The van der Waals surface area contributed by atoms with Crippen LogP contribution in [-0.2, 0) is 14.8 Å². The van der Waals surface area contributed by atoms with Crippen molar-refractivity contribution in [3.8, 4) is 0 Å².